The number of carboxylic acid groups (broad SMARTS) is 1. The summed E-state index contributed by atoms with van der Waals surface area (Å²) in [5.41, 5.74) is -8.88. The molecule has 15 heteroatoms. The van der Waals surface area contributed by atoms with Crippen molar-refractivity contribution in [2.45, 2.75) is 105 Å². The van der Waals surface area contributed by atoms with E-state index in [1.165, 1.54) is 4.90 Å². The largest absolute Gasteiger partial charge is 0.481 e. The minimum atomic E-state index is -6.38. The molecule has 3 aliphatic rings. The van der Waals surface area contributed by atoms with Gasteiger partial charge in [-0.3, -0.25) is 9.59 Å². The molecule has 1 N–H and O–H groups in total. The molecule has 1 heterocycles. The SMILES string of the molecule is CCCC[C@]1(C(=O)N2CC[C@]3(S(=O)(=O)c4ccc(F)cc4)c4ccc(C(F)(C(F)(F)F)C(F)(F)F)cc4CC[C@H]23)CC[C@@H](C(=O)O)[C@H](C)C1. The number of carboxylic acids is 1. The third kappa shape index (κ3) is 5.71. The zero-order valence-corrected chi connectivity index (χ0v) is 27.6. The number of carbonyl (C=O) groups is 2. The van der Waals surface area contributed by atoms with Crippen molar-refractivity contribution in [3.8, 4) is 0 Å². The highest BCUT2D eigenvalue weighted by Crippen LogP contribution is 2.58. The number of carbonyl (C=O) groups excluding carboxylic acids is 1. The number of unbranched alkanes of at least 4 members (excludes halogenated alkanes) is 1. The lowest BCUT2D eigenvalue weighted by atomic mass is 9.63. The first kappa shape index (κ1) is 37.0. The quantitative estimate of drug-likeness (QED) is 0.220. The molecule has 2 aromatic carbocycles. The van der Waals surface area contributed by atoms with Gasteiger partial charge in [0.15, 0.2) is 9.84 Å². The fourth-order valence-corrected chi connectivity index (χ4v) is 11.0. The summed E-state index contributed by atoms with van der Waals surface area (Å²) in [7, 11) is -4.64. The predicted molar refractivity (Wildman–Crippen MR) is 161 cm³/mol. The molecule has 1 saturated carbocycles. The number of aliphatic carboxylic acids is 1. The van der Waals surface area contributed by atoms with Crippen molar-refractivity contribution >= 4 is 21.7 Å². The Morgan fingerprint density at radius 3 is 2.14 bits per heavy atom. The van der Waals surface area contributed by atoms with Gasteiger partial charge < -0.3 is 10.0 Å². The highest BCUT2D eigenvalue weighted by atomic mass is 32.2. The van der Waals surface area contributed by atoms with Crippen LogP contribution in [0.3, 0.4) is 0 Å². The first-order valence-electron chi connectivity index (χ1n) is 16.2. The third-order valence-electron chi connectivity index (χ3n) is 11.0. The summed E-state index contributed by atoms with van der Waals surface area (Å²) in [5.74, 6) is -3.17. The van der Waals surface area contributed by atoms with Crippen LogP contribution < -0.4 is 0 Å². The molecule has 0 aromatic heterocycles. The van der Waals surface area contributed by atoms with Crippen molar-refractivity contribution in [2.75, 3.05) is 6.54 Å². The molecule has 49 heavy (non-hydrogen) atoms. The second-order valence-corrected chi connectivity index (χ2v) is 15.9. The van der Waals surface area contributed by atoms with E-state index >= 15 is 4.39 Å². The van der Waals surface area contributed by atoms with Crippen molar-refractivity contribution in [2.24, 2.45) is 17.3 Å². The van der Waals surface area contributed by atoms with Crippen molar-refractivity contribution in [3.63, 3.8) is 0 Å². The smallest absolute Gasteiger partial charge is 0.435 e. The number of halogens is 8. The van der Waals surface area contributed by atoms with Crippen molar-refractivity contribution in [1.82, 2.24) is 4.90 Å². The van der Waals surface area contributed by atoms with Crippen molar-refractivity contribution in [1.29, 1.82) is 0 Å². The van der Waals surface area contributed by atoms with E-state index in [0.717, 1.165) is 36.8 Å². The molecule has 1 saturated heterocycles. The summed E-state index contributed by atoms with van der Waals surface area (Å²) in [5, 5.41) is 9.73. The summed E-state index contributed by atoms with van der Waals surface area (Å²) >= 11 is 0. The van der Waals surface area contributed by atoms with Crippen LogP contribution in [-0.2, 0) is 36.3 Å². The third-order valence-corrected chi connectivity index (χ3v) is 13.6. The molecule has 0 radical (unpaired) electrons. The molecule has 270 valence electrons. The summed E-state index contributed by atoms with van der Waals surface area (Å²) in [6.45, 7) is 3.55. The van der Waals surface area contributed by atoms with E-state index in [0.29, 0.717) is 25.0 Å². The number of rotatable bonds is 8. The first-order valence-corrected chi connectivity index (χ1v) is 17.7. The van der Waals surface area contributed by atoms with Crippen LogP contribution in [0.5, 0.6) is 0 Å². The number of sulfone groups is 1. The maximum Gasteiger partial charge on any atom is 0.435 e. The second kappa shape index (κ2) is 12.5. The van der Waals surface area contributed by atoms with E-state index in [2.05, 4.69) is 0 Å². The van der Waals surface area contributed by atoms with Gasteiger partial charge in [-0.25, -0.2) is 17.2 Å². The maximum absolute atomic E-state index is 15.1. The molecule has 2 aromatic rings. The number of hydrogen-bond donors (Lipinski definition) is 1. The molecule has 0 bridgehead atoms. The maximum atomic E-state index is 15.1. The molecule has 1 aliphatic heterocycles. The lowest BCUT2D eigenvalue weighted by Gasteiger charge is -2.47. The summed E-state index contributed by atoms with van der Waals surface area (Å²) in [6.07, 6.45) is -11.0. The normalized spacial score (nSPS) is 27.8. The fraction of sp³-hybridized carbons (Fsp3) is 0.588. The van der Waals surface area contributed by atoms with Crippen molar-refractivity contribution in [3.05, 3.63) is 65.0 Å². The van der Waals surface area contributed by atoms with Gasteiger partial charge in [0.2, 0.25) is 5.91 Å². The van der Waals surface area contributed by atoms with E-state index in [9.17, 15) is 53.8 Å². The zero-order chi connectivity index (χ0) is 36.4. The average Bonchev–Trinajstić information content (AvgIpc) is 3.43. The molecule has 5 rings (SSSR count). The molecule has 0 unspecified atom stereocenters. The Hall–Kier alpha value is -3.23. The van der Waals surface area contributed by atoms with Gasteiger partial charge in [0.1, 0.15) is 10.6 Å². The lowest BCUT2D eigenvalue weighted by molar-refractivity contribution is -0.348. The van der Waals surface area contributed by atoms with Gasteiger partial charge in [0.25, 0.3) is 0 Å². The van der Waals surface area contributed by atoms with Crippen LogP contribution in [0.1, 0.15) is 81.9 Å². The van der Waals surface area contributed by atoms with E-state index in [1.54, 1.807) is 6.92 Å². The average molecular weight is 724 g/mol. The number of hydrogen-bond acceptors (Lipinski definition) is 4. The Labute approximate surface area is 278 Å². The summed E-state index contributed by atoms with van der Waals surface area (Å²) in [4.78, 5) is 27.7. The lowest BCUT2D eigenvalue weighted by Crippen LogP contribution is -2.56. The first-order chi connectivity index (χ1) is 22.7. The Kier molecular flexibility index (Phi) is 9.46. The van der Waals surface area contributed by atoms with E-state index in [-0.39, 0.29) is 72.9 Å². The Bertz CT molecular complexity index is 1700. The number of benzene rings is 2. The van der Waals surface area contributed by atoms with E-state index < -0.39 is 67.3 Å². The molecule has 6 nitrogen and oxygen atoms in total. The molecule has 1 amide bonds. The highest BCUT2D eigenvalue weighted by molar-refractivity contribution is 7.92. The molecule has 0 spiro atoms. The highest BCUT2D eigenvalue weighted by Gasteiger charge is 2.74. The van der Waals surface area contributed by atoms with Gasteiger partial charge >= 0.3 is 24.0 Å². The van der Waals surface area contributed by atoms with Gasteiger partial charge in [-0.15, -0.1) is 0 Å². The van der Waals surface area contributed by atoms with Gasteiger partial charge in [0, 0.05) is 17.5 Å². The zero-order valence-electron chi connectivity index (χ0n) is 26.8. The van der Waals surface area contributed by atoms with Gasteiger partial charge in [-0.1, -0.05) is 44.9 Å². The Morgan fingerprint density at radius 1 is 0.959 bits per heavy atom. The number of aryl methyl sites for hydroxylation is 1. The van der Waals surface area contributed by atoms with Gasteiger partial charge in [-0.05, 0) is 86.3 Å². The number of fused-ring (bicyclic) bond motifs is 3. The molecule has 5 atom stereocenters. The number of amides is 1. The van der Waals surface area contributed by atoms with Crippen molar-refractivity contribution < 1.29 is 58.2 Å². The number of nitrogens with zero attached hydrogens (tertiary/aromatic N) is 1. The molecular weight excluding hydrogens is 686 g/mol. The second-order valence-electron chi connectivity index (χ2n) is 13.7. The molecular formula is C34H37F8NO5S. The van der Waals surface area contributed by atoms with E-state index in [4.69, 9.17) is 0 Å². The van der Waals surface area contributed by atoms with E-state index in [1.807, 2.05) is 6.92 Å². The summed E-state index contributed by atoms with van der Waals surface area (Å²) < 4.78 is 138. The van der Waals surface area contributed by atoms with Crippen LogP contribution >= 0.6 is 0 Å². The minimum Gasteiger partial charge on any atom is -0.481 e. The van der Waals surface area contributed by atoms with Gasteiger partial charge in [0.05, 0.1) is 16.9 Å². The monoisotopic (exact) mass is 723 g/mol. The molecule has 2 aliphatic carbocycles. The Morgan fingerprint density at radius 2 is 1.59 bits per heavy atom. The molecule has 2 fully saturated rings. The minimum absolute atomic E-state index is 0.131. The Balaban J connectivity index is 1.66. The number of likely N-dealkylation sites (tertiary alicyclic amines) is 1. The van der Waals surface area contributed by atoms with Gasteiger partial charge in [-0.2, -0.15) is 26.3 Å². The van der Waals surface area contributed by atoms with Crippen LogP contribution in [0.2, 0.25) is 0 Å². The number of alkyl halides is 7. The standard InChI is InChI=1S/C34H37F8NO5S/c1-3-4-14-30(15-13-25(28(44)45)20(2)19-30)29(46)43-17-16-31(49(47,48)24-9-7-23(35)8-10-24)26-11-6-22(18-21(26)5-12-27(31)43)32(36,33(37,38)39)34(40,41)42/h6-11,18,20,25,27H,3-5,12-17,19H2,1-2H3,(H,44,45)/t20-,25-,27+,30+,31+/m1/s1. The summed E-state index contributed by atoms with van der Waals surface area (Å²) in [6, 6.07) is 4.17. The predicted octanol–water partition coefficient (Wildman–Crippen LogP) is 8.03. The van der Waals surface area contributed by atoms with Crippen LogP contribution in [0, 0.1) is 23.1 Å². The van der Waals surface area contributed by atoms with Crippen LogP contribution in [-0.4, -0.2) is 55.2 Å². The van der Waals surface area contributed by atoms with Crippen LogP contribution in [0.15, 0.2) is 47.4 Å². The van der Waals surface area contributed by atoms with Crippen LogP contribution in [0.4, 0.5) is 35.1 Å². The van der Waals surface area contributed by atoms with Crippen LogP contribution in [0.25, 0.3) is 0 Å². The topological polar surface area (TPSA) is 91.8 Å². The fourth-order valence-electron chi connectivity index (χ4n) is 8.59.